The van der Waals surface area contributed by atoms with Crippen LogP contribution in [-0.2, 0) is 4.74 Å². The van der Waals surface area contributed by atoms with E-state index in [1.54, 1.807) is 6.07 Å². The van der Waals surface area contributed by atoms with Crippen LogP contribution in [0.15, 0.2) is 12.1 Å². The van der Waals surface area contributed by atoms with Gasteiger partial charge in [0.1, 0.15) is 5.75 Å². The molecule has 5 heteroatoms. The van der Waals surface area contributed by atoms with Crippen LogP contribution >= 0.6 is 23.2 Å². The lowest BCUT2D eigenvalue weighted by molar-refractivity contribution is -0.0104. The molecule has 2 rings (SSSR count). The van der Waals surface area contributed by atoms with E-state index in [0.29, 0.717) is 22.4 Å². The van der Waals surface area contributed by atoms with Crippen molar-refractivity contribution < 1.29 is 9.47 Å². The molecule has 0 amide bonds. The zero-order valence-corrected chi connectivity index (χ0v) is 13.6. The van der Waals surface area contributed by atoms with Crippen LogP contribution in [0.2, 0.25) is 10.0 Å². The van der Waals surface area contributed by atoms with Gasteiger partial charge in [-0.3, -0.25) is 0 Å². The summed E-state index contributed by atoms with van der Waals surface area (Å²) >= 11 is 12.7. The first-order valence-electron chi connectivity index (χ1n) is 6.94. The average Bonchev–Trinajstić information content (AvgIpc) is 2.84. The second kappa shape index (κ2) is 6.52. The Morgan fingerprint density at radius 3 is 2.70 bits per heavy atom. The summed E-state index contributed by atoms with van der Waals surface area (Å²) in [4.78, 5) is 0. The number of nitrogens with one attached hydrogen (secondary N) is 1. The quantitative estimate of drug-likeness (QED) is 0.881. The fourth-order valence-corrected chi connectivity index (χ4v) is 3.34. The highest BCUT2D eigenvalue weighted by Crippen LogP contribution is 2.42. The summed E-state index contributed by atoms with van der Waals surface area (Å²) in [6, 6.07) is 3.67. The topological polar surface area (TPSA) is 30.5 Å². The maximum Gasteiger partial charge on any atom is 0.139 e. The predicted molar refractivity (Wildman–Crippen MR) is 83.0 cm³/mol. The standard InChI is InChI=1S/C15H21Cl2NO2/c1-4-19-13-9-11(16)10(8-12(13)17)14(18-3)15(2)6-5-7-20-15/h8-9,14,18H,4-7H2,1-3H3. The van der Waals surface area contributed by atoms with Crippen molar-refractivity contribution in [3.8, 4) is 5.75 Å². The third-order valence-corrected chi connectivity index (χ3v) is 4.43. The zero-order chi connectivity index (χ0) is 14.8. The molecular formula is C15H21Cl2NO2. The minimum atomic E-state index is -0.255. The largest absolute Gasteiger partial charge is 0.492 e. The normalized spacial score (nSPS) is 23.9. The van der Waals surface area contributed by atoms with Crippen molar-refractivity contribution >= 4 is 23.2 Å². The van der Waals surface area contributed by atoms with E-state index in [0.717, 1.165) is 25.0 Å². The van der Waals surface area contributed by atoms with E-state index in [1.807, 2.05) is 20.0 Å². The Labute approximate surface area is 130 Å². The van der Waals surface area contributed by atoms with Crippen LogP contribution in [0, 0.1) is 0 Å². The van der Waals surface area contributed by atoms with Crippen LogP contribution < -0.4 is 10.1 Å². The number of hydrogen-bond donors (Lipinski definition) is 1. The van der Waals surface area contributed by atoms with Crippen molar-refractivity contribution in [2.75, 3.05) is 20.3 Å². The molecule has 1 aromatic rings. The molecule has 0 bridgehead atoms. The molecule has 0 radical (unpaired) electrons. The Hall–Kier alpha value is -0.480. The molecule has 1 aromatic carbocycles. The molecule has 1 aliphatic heterocycles. The van der Waals surface area contributed by atoms with Gasteiger partial charge in [-0.1, -0.05) is 23.2 Å². The predicted octanol–water partition coefficient (Wildman–Crippen LogP) is 4.22. The molecule has 0 spiro atoms. The van der Waals surface area contributed by atoms with Crippen LogP contribution in [0.5, 0.6) is 5.75 Å². The van der Waals surface area contributed by atoms with Crippen molar-refractivity contribution in [2.45, 2.75) is 38.3 Å². The zero-order valence-electron chi connectivity index (χ0n) is 12.1. The van der Waals surface area contributed by atoms with E-state index < -0.39 is 0 Å². The lowest BCUT2D eigenvalue weighted by atomic mass is 9.87. The molecule has 3 nitrogen and oxygen atoms in total. The maximum absolute atomic E-state index is 6.42. The first-order valence-corrected chi connectivity index (χ1v) is 7.70. The summed E-state index contributed by atoms with van der Waals surface area (Å²) < 4.78 is 11.4. The lowest BCUT2D eigenvalue weighted by Crippen LogP contribution is -2.39. The van der Waals surface area contributed by atoms with Crippen molar-refractivity contribution in [3.63, 3.8) is 0 Å². The minimum absolute atomic E-state index is 0.00526. The summed E-state index contributed by atoms with van der Waals surface area (Å²) in [6.07, 6.45) is 2.07. The fraction of sp³-hybridized carbons (Fsp3) is 0.600. The molecule has 0 saturated carbocycles. The van der Waals surface area contributed by atoms with Gasteiger partial charge in [0, 0.05) is 17.7 Å². The monoisotopic (exact) mass is 317 g/mol. The average molecular weight is 318 g/mol. The second-order valence-corrected chi connectivity index (χ2v) is 6.04. The Morgan fingerprint density at radius 2 is 2.15 bits per heavy atom. The summed E-state index contributed by atoms with van der Waals surface area (Å²) in [5.74, 6) is 0.621. The highest BCUT2D eigenvalue weighted by molar-refractivity contribution is 6.34. The van der Waals surface area contributed by atoms with Gasteiger partial charge in [-0.2, -0.15) is 0 Å². The van der Waals surface area contributed by atoms with Gasteiger partial charge in [0.15, 0.2) is 0 Å². The number of halogens is 2. The Morgan fingerprint density at radius 1 is 1.40 bits per heavy atom. The Balaban J connectivity index is 2.37. The number of ether oxygens (including phenoxy) is 2. The maximum atomic E-state index is 6.42. The molecule has 1 fully saturated rings. The van der Waals surface area contributed by atoms with Gasteiger partial charge >= 0.3 is 0 Å². The van der Waals surface area contributed by atoms with Crippen molar-refractivity contribution in [2.24, 2.45) is 0 Å². The lowest BCUT2D eigenvalue weighted by Gasteiger charge is -2.34. The van der Waals surface area contributed by atoms with E-state index in [-0.39, 0.29) is 11.6 Å². The molecular weight excluding hydrogens is 297 g/mol. The molecule has 20 heavy (non-hydrogen) atoms. The highest BCUT2D eigenvalue weighted by atomic mass is 35.5. The SMILES string of the molecule is CCOc1cc(Cl)c(C(NC)C2(C)CCCO2)cc1Cl. The van der Waals surface area contributed by atoms with Crippen molar-refractivity contribution in [3.05, 3.63) is 27.7 Å². The van der Waals surface area contributed by atoms with Gasteiger partial charge < -0.3 is 14.8 Å². The molecule has 1 N–H and O–H groups in total. The Kier molecular flexibility index (Phi) is 5.19. The summed E-state index contributed by atoms with van der Waals surface area (Å²) in [5, 5.41) is 4.54. The van der Waals surface area contributed by atoms with E-state index in [9.17, 15) is 0 Å². The van der Waals surface area contributed by atoms with Gasteiger partial charge in [0.25, 0.3) is 0 Å². The fourth-order valence-electron chi connectivity index (χ4n) is 2.85. The first kappa shape index (κ1) is 15.9. The molecule has 1 saturated heterocycles. The molecule has 112 valence electrons. The number of rotatable bonds is 5. The van der Waals surface area contributed by atoms with E-state index >= 15 is 0 Å². The molecule has 1 heterocycles. The van der Waals surface area contributed by atoms with Gasteiger partial charge in [0.2, 0.25) is 0 Å². The van der Waals surface area contributed by atoms with Crippen LogP contribution in [-0.4, -0.2) is 25.9 Å². The smallest absolute Gasteiger partial charge is 0.139 e. The second-order valence-electron chi connectivity index (χ2n) is 5.22. The van der Waals surface area contributed by atoms with E-state index in [1.165, 1.54) is 0 Å². The van der Waals surface area contributed by atoms with Crippen molar-refractivity contribution in [1.29, 1.82) is 0 Å². The van der Waals surface area contributed by atoms with Crippen LogP contribution in [0.25, 0.3) is 0 Å². The van der Waals surface area contributed by atoms with Gasteiger partial charge in [-0.05, 0) is 45.4 Å². The van der Waals surface area contributed by atoms with E-state index in [4.69, 9.17) is 32.7 Å². The van der Waals surface area contributed by atoms with Crippen LogP contribution in [0.1, 0.15) is 38.3 Å². The molecule has 0 aromatic heterocycles. The Bertz CT molecular complexity index is 473. The van der Waals surface area contributed by atoms with Gasteiger partial charge in [-0.15, -0.1) is 0 Å². The van der Waals surface area contributed by atoms with Gasteiger partial charge in [-0.25, -0.2) is 0 Å². The molecule has 2 atom stereocenters. The number of hydrogen-bond acceptors (Lipinski definition) is 3. The molecule has 2 unspecified atom stereocenters. The van der Waals surface area contributed by atoms with Crippen molar-refractivity contribution in [1.82, 2.24) is 5.32 Å². The summed E-state index contributed by atoms with van der Waals surface area (Å²) in [7, 11) is 1.91. The minimum Gasteiger partial charge on any atom is -0.492 e. The summed E-state index contributed by atoms with van der Waals surface area (Å²) in [6.45, 7) is 5.38. The molecule has 0 aliphatic carbocycles. The van der Waals surface area contributed by atoms with Gasteiger partial charge in [0.05, 0.1) is 23.3 Å². The summed E-state index contributed by atoms with van der Waals surface area (Å²) in [5.41, 5.74) is 0.696. The number of likely N-dealkylation sites (N-methyl/N-ethyl adjacent to an activating group) is 1. The first-order chi connectivity index (χ1) is 9.51. The third-order valence-electron chi connectivity index (χ3n) is 3.81. The van der Waals surface area contributed by atoms with Crippen LogP contribution in [0.3, 0.4) is 0 Å². The van der Waals surface area contributed by atoms with Crippen LogP contribution in [0.4, 0.5) is 0 Å². The van der Waals surface area contributed by atoms with E-state index in [2.05, 4.69) is 12.2 Å². The third kappa shape index (κ3) is 3.06. The molecule has 1 aliphatic rings. The highest BCUT2D eigenvalue weighted by Gasteiger charge is 2.39. The number of benzene rings is 1.